The van der Waals surface area contributed by atoms with Crippen LogP contribution in [-0.2, 0) is 16.6 Å². The molecule has 1 aromatic rings. The molecular weight excluding hydrogens is 246 g/mol. The molecule has 106 valence electrons. The first-order valence-corrected chi connectivity index (χ1v) is 6.13. The molecule has 1 aromatic heterocycles. The molecule has 0 aliphatic heterocycles. The second-order valence-electron chi connectivity index (χ2n) is 4.78. The predicted octanol–water partition coefficient (Wildman–Crippen LogP) is 0.918. The highest BCUT2D eigenvalue weighted by Crippen LogP contribution is 2.15. The van der Waals surface area contributed by atoms with Crippen molar-refractivity contribution in [3.63, 3.8) is 0 Å². The lowest BCUT2D eigenvalue weighted by Crippen LogP contribution is -2.34. The van der Waals surface area contributed by atoms with E-state index in [1.54, 1.807) is 32.6 Å². The highest BCUT2D eigenvalue weighted by atomic mass is 16.5. The lowest BCUT2D eigenvalue weighted by atomic mass is 10.1. The molecule has 0 saturated heterocycles. The maximum atomic E-state index is 12.4. The van der Waals surface area contributed by atoms with Crippen LogP contribution in [0.3, 0.4) is 0 Å². The molecule has 0 N–H and O–H groups in total. The van der Waals surface area contributed by atoms with Crippen LogP contribution >= 0.6 is 0 Å². The molecule has 0 saturated carbocycles. The van der Waals surface area contributed by atoms with Gasteiger partial charge in [0.1, 0.15) is 0 Å². The minimum absolute atomic E-state index is 0.126. The smallest absolute Gasteiger partial charge is 0.310 e. The summed E-state index contributed by atoms with van der Waals surface area (Å²) in [4.78, 5) is 25.3. The number of esters is 1. The number of methoxy groups -OCH3 is 1. The van der Waals surface area contributed by atoms with Crippen LogP contribution in [0.2, 0.25) is 0 Å². The number of aryl methyl sites for hydroxylation is 2. The van der Waals surface area contributed by atoms with Gasteiger partial charge in [-0.05, 0) is 13.8 Å². The summed E-state index contributed by atoms with van der Waals surface area (Å²) in [6.45, 7) is 5.71. The normalized spacial score (nSPS) is 12.1. The van der Waals surface area contributed by atoms with E-state index < -0.39 is 0 Å². The molecule has 1 heterocycles. The zero-order valence-electron chi connectivity index (χ0n) is 12.4. The van der Waals surface area contributed by atoms with Gasteiger partial charge in [0.25, 0.3) is 5.91 Å². The second kappa shape index (κ2) is 5.86. The third kappa shape index (κ3) is 3.13. The van der Waals surface area contributed by atoms with Gasteiger partial charge < -0.3 is 9.64 Å². The minimum Gasteiger partial charge on any atom is -0.469 e. The Morgan fingerprint density at radius 2 is 2.00 bits per heavy atom. The summed E-state index contributed by atoms with van der Waals surface area (Å²) in [5.41, 5.74) is 2.12. The van der Waals surface area contributed by atoms with E-state index in [2.05, 4.69) is 9.84 Å². The number of nitrogens with zero attached hydrogens (tertiary/aromatic N) is 3. The monoisotopic (exact) mass is 267 g/mol. The molecule has 0 spiro atoms. The number of aromatic nitrogens is 2. The number of hydrogen-bond acceptors (Lipinski definition) is 4. The van der Waals surface area contributed by atoms with Crippen molar-refractivity contribution in [2.75, 3.05) is 20.7 Å². The van der Waals surface area contributed by atoms with Gasteiger partial charge in [-0.2, -0.15) is 5.10 Å². The summed E-state index contributed by atoms with van der Waals surface area (Å²) in [6, 6.07) is 0. The number of carbonyl (C=O) groups is 2. The van der Waals surface area contributed by atoms with Crippen molar-refractivity contribution >= 4 is 11.9 Å². The van der Waals surface area contributed by atoms with Crippen molar-refractivity contribution in [1.29, 1.82) is 0 Å². The minimum atomic E-state index is -0.351. The largest absolute Gasteiger partial charge is 0.469 e. The van der Waals surface area contributed by atoms with Crippen LogP contribution in [0.1, 0.15) is 28.7 Å². The van der Waals surface area contributed by atoms with Crippen LogP contribution in [0.5, 0.6) is 0 Å². The summed E-state index contributed by atoms with van der Waals surface area (Å²) in [6.07, 6.45) is 0. The molecule has 0 aliphatic carbocycles. The Labute approximate surface area is 113 Å². The highest BCUT2D eigenvalue weighted by molar-refractivity contribution is 5.96. The average molecular weight is 267 g/mol. The van der Waals surface area contributed by atoms with Crippen molar-refractivity contribution in [3.05, 3.63) is 17.0 Å². The summed E-state index contributed by atoms with van der Waals surface area (Å²) < 4.78 is 6.34. The third-order valence-electron chi connectivity index (χ3n) is 3.22. The van der Waals surface area contributed by atoms with Gasteiger partial charge in [-0.1, -0.05) is 6.92 Å². The SMILES string of the molecule is COC(=O)C(C)CN(C)C(=O)c1c(C)nn(C)c1C. The van der Waals surface area contributed by atoms with Crippen LogP contribution in [0.25, 0.3) is 0 Å². The van der Waals surface area contributed by atoms with Crippen molar-refractivity contribution in [2.24, 2.45) is 13.0 Å². The molecule has 0 fully saturated rings. The number of hydrogen-bond donors (Lipinski definition) is 0. The molecule has 0 bridgehead atoms. The van der Waals surface area contributed by atoms with Gasteiger partial charge in [-0.25, -0.2) is 0 Å². The molecule has 19 heavy (non-hydrogen) atoms. The number of rotatable bonds is 4. The quantitative estimate of drug-likeness (QED) is 0.761. The highest BCUT2D eigenvalue weighted by Gasteiger charge is 2.24. The average Bonchev–Trinajstić information content (AvgIpc) is 2.61. The summed E-state index contributed by atoms with van der Waals surface area (Å²) in [5, 5.41) is 4.22. The standard InChI is InChI=1S/C13H21N3O3/c1-8(13(18)19-6)7-15(4)12(17)11-9(2)14-16(5)10(11)3/h8H,7H2,1-6H3. The van der Waals surface area contributed by atoms with E-state index in [0.717, 1.165) is 5.69 Å². The van der Waals surface area contributed by atoms with E-state index in [4.69, 9.17) is 0 Å². The molecule has 0 aliphatic rings. The first-order chi connectivity index (χ1) is 8.79. The first-order valence-electron chi connectivity index (χ1n) is 6.13. The zero-order valence-corrected chi connectivity index (χ0v) is 12.4. The lowest BCUT2D eigenvalue weighted by molar-refractivity contribution is -0.145. The van der Waals surface area contributed by atoms with Gasteiger partial charge in [0, 0.05) is 26.3 Å². The first kappa shape index (κ1) is 15.2. The van der Waals surface area contributed by atoms with Crippen molar-refractivity contribution in [3.8, 4) is 0 Å². The van der Waals surface area contributed by atoms with Gasteiger partial charge in [0.2, 0.25) is 0 Å². The predicted molar refractivity (Wildman–Crippen MR) is 70.8 cm³/mol. The zero-order chi connectivity index (χ0) is 14.7. The van der Waals surface area contributed by atoms with Gasteiger partial charge in [-0.15, -0.1) is 0 Å². The number of amides is 1. The van der Waals surface area contributed by atoms with E-state index in [1.165, 1.54) is 12.0 Å². The van der Waals surface area contributed by atoms with E-state index in [0.29, 0.717) is 17.8 Å². The molecule has 0 aromatic carbocycles. The summed E-state index contributed by atoms with van der Waals surface area (Å²) in [5.74, 6) is -0.797. The Kier molecular flexibility index (Phi) is 4.69. The summed E-state index contributed by atoms with van der Waals surface area (Å²) in [7, 11) is 4.82. The van der Waals surface area contributed by atoms with Crippen LogP contribution in [0.4, 0.5) is 0 Å². The maximum Gasteiger partial charge on any atom is 0.310 e. The van der Waals surface area contributed by atoms with Gasteiger partial charge in [-0.3, -0.25) is 14.3 Å². The van der Waals surface area contributed by atoms with Gasteiger partial charge in [0.05, 0.1) is 24.3 Å². The van der Waals surface area contributed by atoms with Gasteiger partial charge >= 0.3 is 5.97 Å². The Bertz CT molecular complexity index is 494. The van der Waals surface area contributed by atoms with E-state index in [1.807, 2.05) is 6.92 Å². The molecule has 1 unspecified atom stereocenters. The van der Waals surface area contributed by atoms with E-state index in [-0.39, 0.29) is 17.8 Å². The van der Waals surface area contributed by atoms with Gasteiger partial charge in [0.15, 0.2) is 0 Å². The molecule has 0 radical (unpaired) electrons. The van der Waals surface area contributed by atoms with Crippen LogP contribution in [0.15, 0.2) is 0 Å². The lowest BCUT2D eigenvalue weighted by Gasteiger charge is -2.20. The molecule has 1 rings (SSSR count). The van der Waals surface area contributed by atoms with Crippen LogP contribution in [0, 0.1) is 19.8 Å². The number of ether oxygens (including phenoxy) is 1. The molecule has 1 atom stereocenters. The van der Waals surface area contributed by atoms with Crippen molar-refractivity contribution in [2.45, 2.75) is 20.8 Å². The fourth-order valence-corrected chi connectivity index (χ4v) is 2.04. The second-order valence-corrected chi connectivity index (χ2v) is 4.78. The fourth-order valence-electron chi connectivity index (χ4n) is 2.04. The molecular formula is C13H21N3O3. The Hall–Kier alpha value is -1.85. The Morgan fingerprint density at radius 3 is 2.42 bits per heavy atom. The van der Waals surface area contributed by atoms with E-state index in [9.17, 15) is 9.59 Å². The number of carbonyl (C=O) groups excluding carboxylic acids is 2. The van der Waals surface area contributed by atoms with Crippen molar-refractivity contribution in [1.82, 2.24) is 14.7 Å². The maximum absolute atomic E-state index is 12.4. The Balaban J connectivity index is 2.86. The van der Waals surface area contributed by atoms with E-state index >= 15 is 0 Å². The fraction of sp³-hybridized carbons (Fsp3) is 0.615. The van der Waals surface area contributed by atoms with Crippen LogP contribution < -0.4 is 0 Å². The molecule has 1 amide bonds. The Morgan fingerprint density at radius 1 is 1.42 bits per heavy atom. The molecule has 6 heteroatoms. The topological polar surface area (TPSA) is 64.4 Å². The molecule has 6 nitrogen and oxygen atoms in total. The van der Waals surface area contributed by atoms with Crippen molar-refractivity contribution < 1.29 is 14.3 Å². The van der Waals surface area contributed by atoms with Crippen LogP contribution in [-0.4, -0.2) is 47.3 Å². The third-order valence-corrected chi connectivity index (χ3v) is 3.22. The summed E-state index contributed by atoms with van der Waals surface area (Å²) >= 11 is 0.